The maximum absolute atomic E-state index is 13.2. The number of rotatable bonds is 4. The number of benzene rings is 1. The van der Waals surface area contributed by atoms with E-state index in [0.717, 1.165) is 4.88 Å². The Kier molecular flexibility index (Phi) is 6.03. The number of halogens is 1. The lowest BCUT2D eigenvalue weighted by molar-refractivity contribution is -0.135. The van der Waals surface area contributed by atoms with Crippen LogP contribution < -0.4 is 0 Å². The van der Waals surface area contributed by atoms with Crippen LogP contribution in [0.3, 0.4) is 0 Å². The minimum Gasteiger partial charge on any atom is -0.337 e. The highest BCUT2D eigenvalue weighted by molar-refractivity contribution is 7.71. The van der Waals surface area contributed by atoms with Crippen LogP contribution in [0.15, 0.2) is 41.8 Å². The van der Waals surface area contributed by atoms with Crippen molar-refractivity contribution in [3.63, 3.8) is 0 Å². The van der Waals surface area contributed by atoms with Crippen molar-refractivity contribution in [3.8, 4) is 10.7 Å². The molecule has 0 spiro atoms. The zero-order chi connectivity index (χ0) is 21.3. The van der Waals surface area contributed by atoms with E-state index in [1.165, 1.54) is 0 Å². The smallest absolute Gasteiger partial charge is 0.254 e. The summed E-state index contributed by atoms with van der Waals surface area (Å²) < 4.78 is 2.17. The van der Waals surface area contributed by atoms with E-state index in [9.17, 15) is 9.59 Å². The number of amides is 2. The Hall–Kier alpha value is -2.49. The van der Waals surface area contributed by atoms with Gasteiger partial charge in [-0.05, 0) is 48.8 Å². The molecule has 1 aliphatic rings. The lowest BCUT2D eigenvalue weighted by Crippen LogP contribution is -2.52. The fourth-order valence-electron chi connectivity index (χ4n) is 3.55. The lowest BCUT2D eigenvalue weighted by Gasteiger charge is -2.36. The number of thiophene rings is 1. The Bertz CT molecular complexity index is 1120. The van der Waals surface area contributed by atoms with E-state index >= 15 is 0 Å². The number of aromatic amines is 1. The topological polar surface area (TPSA) is 74.2 Å². The van der Waals surface area contributed by atoms with E-state index in [4.69, 9.17) is 23.8 Å². The molecule has 30 heavy (non-hydrogen) atoms. The Morgan fingerprint density at radius 3 is 2.57 bits per heavy atom. The highest BCUT2D eigenvalue weighted by Crippen LogP contribution is 2.26. The molecule has 7 nitrogen and oxygen atoms in total. The molecule has 1 unspecified atom stereocenters. The average molecular weight is 462 g/mol. The quantitative estimate of drug-likeness (QED) is 0.598. The maximum Gasteiger partial charge on any atom is 0.254 e. The van der Waals surface area contributed by atoms with Crippen molar-refractivity contribution in [2.75, 3.05) is 26.2 Å². The molecular formula is C20H20ClN5O2S2. The summed E-state index contributed by atoms with van der Waals surface area (Å²) in [4.78, 5) is 30.3. The second-order valence-electron chi connectivity index (χ2n) is 7.00. The second kappa shape index (κ2) is 8.71. The van der Waals surface area contributed by atoms with Gasteiger partial charge in [0.15, 0.2) is 10.6 Å². The van der Waals surface area contributed by atoms with Gasteiger partial charge in [0, 0.05) is 36.8 Å². The summed E-state index contributed by atoms with van der Waals surface area (Å²) in [5.41, 5.74) is 0.556. The van der Waals surface area contributed by atoms with Crippen molar-refractivity contribution in [2.24, 2.45) is 0 Å². The normalized spacial score (nSPS) is 15.3. The number of carbonyl (C=O) groups excluding carboxylic acids is 2. The van der Waals surface area contributed by atoms with Crippen LogP contribution >= 0.6 is 35.2 Å². The summed E-state index contributed by atoms with van der Waals surface area (Å²) in [6.45, 7) is 3.70. The monoisotopic (exact) mass is 461 g/mol. The molecule has 1 aliphatic heterocycles. The summed E-state index contributed by atoms with van der Waals surface area (Å²) in [5, 5.41) is 9.59. The van der Waals surface area contributed by atoms with Gasteiger partial charge >= 0.3 is 0 Å². The number of H-pyrrole nitrogens is 1. The van der Waals surface area contributed by atoms with Crippen LogP contribution in [-0.4, -0.2) is 62.6 Å². The van der Waals surface area contributed by atoms with E-state index in [2.05, 4.69) is 10.2 Å². The summed E-state index contributed by atoms with van der Waals surface area (Å²) in [6, 6.07) is 10.3. The lowest BCUT2D eigenvalue weighted by atomic mass is 10.1. The van der Waals surface area contributed by atoms with Crippen molar-refractivity contribution in [1.29, 1.82) is 0 Å². The Morgan fingerprint density at radius 2 is 1.90 bits per heavy atom. The number of nitrogens with one attached hydrogen (secondary N) is 1. The zero-order valence-electron chi connectivity index (χ0n) is 16.2. The van der Waals surface area contributed by atoms with Crippen LogP contribution in [0.1, 0.15) is 23.3 Å². The van der Waals surface area contributed by atoms with Gasteiger partial charge in [0.1, 0.15) is 6.04 Å². The molecule has 2 aromatic heterocycles. The summed E-state index contributed by atoms with van der Waals surface area (Å²) in [7, 11) is 0. The molecule has 10 heteroatoms. The minimum absolute atomic E-state index is 0.0415. The van der Waals surface area contributed by atoms with E-state index in [-0.39, 0.29) is 11.8 Å². The molecule has 1 fully saturated rings. The third-order valence-corrected chi connectivity index (χ3v) is 6.53. The van der Waals surface area contributed by atoms with E-state index in [0.29, 0.717) is 47.4 Å². The third-order valence-electron chi connectivity index (χ3n) is 5.14. The van der Waals surface area contributed by atoms with Crippen LogP contribution in [0.25, 0.3) is 10.7 Å². The largest absolute Gasteiger partial charge is 0.337 e. The van der Waals surface area contributed by atoms with Crippen LogP contribution in [0, 0.1) is 4.77 Å². The van der Waals surface area contributed by atoms with Gasteiger partial charge in [-0.15, -0.1) is 11.3 Å². The van der Waals surface area contributed by atoms with Gasteiger partial charge in [-0.2, -0.15) is 5.10 Å². The molecule has 3 aromatic rings. The van der Waals surface area contributed by atoms with Crippen LogP contribution in [-0.2, 0) is 4.79 Å². The summed E-state index contributed by atoms with van der Waals surface area (Å²) in [5.74, 6) is 0.542. The van der Waals surface area contributed by atoms with Crippen LogP contribution in [0.2, 0.25) is 5.02 Å². The van der Waals surface area contributed by atoms with E-state index < -0.39 is 6.04 Å². The molecule has 4 rings (SSSR count). The maximum atomic E-state index is 13.2. The molecule has 0 aliphatic carbocycles. The number of hydrogen-bond donors (Lipinski definition) is 1. The predicted molar refractivity (Wildman–Crippen MR) is 119 cm³/mol. The molecule has 0 radical (unpaired) electrons. The van der Waals surface area contributed by atoms with Crippen LogP contribution in [0.5, 0.6) is 0 Å². The molecule has 0 bridgehead atoms. The first-order valence-corrected chi connectivity index (χ1v) is 11.2. The number of carbonyl (C=O) groups is 2. The molecule has 1 atom stereocenters. The number of aromatic nitrogens is 3. The first kappa shape index (κ1) is 20.8. The van der Waals surface area contributed by atoms with Crippen molar-refractivity contribution in [2.45, 2.75) is 13.0 Å². The van der Waals surface area contributed by atoms with Crippen molar-refractivity contribution in [3.05, 3.63) is 57.1 Å². The van der Waals surface area contributed by atoms with Gasteiger partial charge in [-0.1, -0.05) is 23.7 Å². The molecule has 1 saturated heterocycles. The zero-order valence-corrected chi connectivity index (χ0v) is 18.6. The SMILES string of the molecule is CC(C(=O)N1CCN(C(=O)c2cccc(Cl)c2)CC1)n1c(-c2cccs2)n[nH]c1=S. The molecule has 156 valence electrons. The first-order valence-electron chi connectivity index (χ1n) is 9.50. The van der Waals surface area contributed by atoms with Gasteiger partial charge in [0.05, 0.1) is 4.88 Å². The fraction of sp³-hybridized carbons (Fsp3) is 0.300. The fourth-order valence-corrected chi connectivity index (χ4v) is 4.74. The molecule has 1 N–H and O–H groups in total. The average Bonchev–Trinajstić information content (AvgIpc) is 3.42. The third kappa shape index (κ3) is 4.05. The molecule has 1 aromatic carbocycles. The van der Waals surface area contributed by atoms with Crippen molar-refractivity contribution in [1.82, 2.24) is 24.6 Å². The van der Waals surface area contributed by atoms with Gasteiger partial charge < -0.3 is 9.80 Å². The Morgan fingerprint density at radius 1 is 1.17 bits per heavy atom. The molecule has 3 heterocycles. The minimum atomic E-state index is -0.497. The van der Waals surface area contributed by atoms with Gasteiger partial charge in [0.25, 0.3) is 5.91 Å². The van der Waals surface area contributed by atoms with E-state index in [1.54, 1.807) is 50.0 Å². The van der Waals surface area contributed by atoms with Crippen LogP contribution in [0.4, 0.5) is 0 Å². The van der Waals surface area contributed by atoms with Gasteiger partial charge in [-0.25, -0.2) is 0 Å². The first-order chi connectivity index (χ1) is 14.5. The molecular weight excluding hydrogens is 442 g/mol. The highest BCUT2D eigenvalue weighted by atomic mass is 35.5. The van der Waals surface area contributed by atoms with Gasteiger partial charge in [-0.3, -0.25) is 19.3 Å². The molecule has 0 saturated carbocycles. The van der Waals surface area contributed by atoms with Crippen molar-refractivity contribution >= 4 is 47.0 Å². The highest BCUT2D eigenvalue weighted by Gasteiger charge is 2.30. The number of nitrogens with zero attached hydrogens (tertiary/aromatic N) is 4. The van der Waals surface area contributed by atoms with Crippen molar-refractivity contribution < 1.29 is 9.59 Å². The standard InChI is InChI=1S/C20H20ClN5O2S2/c1-13(26-17(22-23-20(26)29)16-6-3-11-30-16)18(27)24-7-9-25(10-8-24)19(28)14-4-2-5-15(21)12-14/h2-6,11-13H,7-10H2,1H3,(H,23,29). The summed E-state index contributed by atoms with van der Waals surface area (Å²) >= 11 is 12.9. The number of hydrogen-bond acceptors (Lipinski definition) is 5. The van der Waals surface area contributed by atoms with Gasteiger partial charge in [0.2, 0.25) is 5.91 Å². The second-order valence-corrected chi connectivity index (χ2v) is 8.77. The predicted octanol–water partition coefficient (Wildman–Crippen LogP) is 3.87. The molecule has 2 amide bonds. The Labute approximate surface area is 187 Å². The van der Waals surface area contributed by atoms with E-state index in [1.807, 2.05) is 24.4 Å². The number of piperazine rings is 1. The Balaban J connectivity index is 1.44. The summed E-state index contributed by atoms with van der Waals surface area (Å²) in [6.07, 6.45) is 0.